The minimum Gasteiger partial charge on any atom is -0.394 e. The van der Waals surface area contributed by atoms with Crippen molar-refractivity contribution in [2.45, 2.75) is 92.6 Å². The highest BCUT2D eigenvalue weighted by Crippen LogP contribution is 2.25. The topological polar surface area (TPSA) is 46.2 Å². The van der Waals surface area contributed by atoms with E-state index < -0.39 is 25.9 Å². The van der Waals surface area contributed by atoms with Crippen molar-refractivity contribution in [3.8, 4) is 0 Å². The molecule has 0 fully saturated rings. The average molecular weight is 369 g/mol. The molecule has 0 rings (SSSR count). The van der Waals surface area contributed by atoms with E-state index in [2.05, 4.69) is 0 Å². The second kappa shape index (κ2) is 8.52. The van der Waals surface area contributed by atoms with Crippen LogP contribution in [-0.2, 0) is 21.5 Å². The molecule has 0 bridgehead atoms. The fraction of sp³-hybridized carbons (Fsp3) is 1.00. The first-order valence-electron chi connectivity index (χ1n) is 8.10. The summed E-state index contributed by atoms with van der Waals surface area (Å²) in [5.41, 5.74) is 0. The molecular formula is C14H36O5Si3. The zero-order valence-corrected chi connectivity index (χ0v) is 19.3. The van der Waals surface area contributed by atoms with Crippen molar-refractivity contribution in [3.05, 3.63) is 0 Å². The lowest BCUT2D eigenvalue weighted by atomic mass is 10.5. The van der Waals surface area contributed by atoms with Gasteiger partial charge in [-0.1, -0.05) is 0 Å². The molecule has 0 aliphatic rings. The van der Waals surface area contributed by atoms with Gasteiger partial charge in [-0.15, -0.1) is 0 Å². The summed E-state index contributed by atoms with van der Waals surface area (Å²) in [5.74, 6) is 0. The second-order valence-corrected chi connectivity index (χ2v) is 17.0. The monoisotopic (exact) mass is 368 g/mol. The Morgan fingerprint density at radius 3 is 1.00 bits per heavy atom. The Kier molecular flexibility index (Phi) is 8.69. The third-order valence-corrected chi connectivity index (χ3v) is 12.2. The van der Waals surface area contributed by atoms with E-state index in [0.29, 0.717) is 0 Å². The van der Waals surface area contributed by atoms with E-state index in [9.17, 15) is 0 Å². The van der Waals surface area contributed by atoms with Gasteiger partial charge in [-0.2, -0.15) is 0 Å². The van der Waals surface area contributed by atoms with Crippen molar-refractivity contribution < 1.29 is 21.5 Å². The summed E-state index contributed by atoms with van der Waals surface area (Å²) < 4.78 is 30.7. The molecule has 8 heteroatoms. The fourth-order valence-electron chi connectivity index (χ4n) is 2.57. The van der Waals surface area contributed by atoms with E-state index in [1.54, 1.807) is 0 Å². The van der Waals surface area contributed by atoms with Gasteiger partial charge in [0.15, 0.2) is 0 Å². The Labute approximate surface area is 140 Å². The molecule has 0 amide bonds. The van der Waals surface area contributed by atoms with Gasteiger partial charge in [0, 0.05) is 24.9 Å². The third-order valence-electron chi connectivity index (χ3n) is 2.35. The maximum absolute atomic E-state index is 6.33. The molecule has 0 aliphatic heterocycles. The Morgan fingerprint density at radius 2 is 0.773 bits per heavy atom. The molecule has 0 aromatic heterocycles. The van der Waals surface area contributed by atoms with Gasteiger partial charge in [0.2, 0.25) is 0 Å². The van der Waals surface area contributed by atoms with Gasteiger partial charge in [0.05, 0.1) is 0 Å². The van der Waals surface area contributed by atoms with Gasteiger partial charge in [0.1, 0.15) is 0 Å². The molecule has 0 saturated heterocycles. The van der Waals surface area contributed by atoms with Gasteiger partial charge >= 0.3 is 25.9 Å². The molecule has 5 nitrogen and oxygen atoms in total. The van der Waals surface area contributed by atoms with Gasteiger partial charge in [-0.3, -0.25) is 0 Å². The number of rotatable bonds is 10. The van der Waals surface area contributed by atoms with Crippen LogP contribution in [0, 0.1) is 0 Å². The smallest absolute Gasteiger partial charge is 0.394 e. The maximum Gasteiger partial charge on any atom is 0.480 e. The molecule has 0 N–H and O–H groups in total. The number of hydrogen-bond donors (Lipinski definition) is 0. The predicted molar refractivity (Wildman–Crippen MR) is 97.4 cm³/mol. The highest BCUT2D eigenvalue weighted by atomic mass is 28.5. The Bertz CT molecular complexity index is 308. The minimum atomic E-state index is -2.84. The zero-order valence-electron chi connectivity index (χ0n) is 16.3. The first kappa shape index (κ1) is 22.5. The third kappa shape index (κ3) is 10.3. The second-order valence-electron chi connectivity index (χ2n) is 7.37. The quantitative estimate of drug-likeness (QED) is 0.539. The molecule has 0 aromatic rings. The van der Waals surface area contributed by atoms with Crippen LogP contribution in [0.15, 0.2) is 0 Å². The van der Waals surface area contributed by atoms with Crippen molar-refractivity contribution in [2.75, 3.05) is 0 Å². The van der Waals surface area contributed by atoms with Gasteiger partial charge in [-0.05, 0) is 67.7 Å². The molecule has 0 unspecified atom stereocenters. The van der Waals surface area contributed by atoms with Crippen molar-refractivity contribution in [2.24, 2.45) is 0 Å². The Hall–Kier alpha value is 0.451. The maximum atomic E-state index is 6.33. The first-order chi connectivity index (χ1) is 9.66. The van der Waals surface area contributed by atoms with Crippen LogP contribution in [0.3, 0.4) is 0 Å². The SMILES string of the molecule is CC(C)O[Si](C)(C)O[Si](C)(OC(C)C)O[Si](C)(C)OC(C)C. The molecule has 134 valence electrons. The molecule has 0 aliphatic carbocycles. The van der Waals surface area contributed by atoms with Gasteiger partial charge < -0.3 is 21.5 Å². The summed E-state index contributed by atoms with van der Waals surface area (Å²) in [7, 11) is -7.50. The van der Waals surface area contributed by atoms with Crippen molar-refractivity contribution in [1.29, 1.82) is 0 Å². The highest BCUT2D eigenvalue weighted by molar-refractivity contribution is 6.82. The summed E-state index contributed by atoms with van der Waals surface area (Å²) in [6.45, 7) is 22.1. The van der Waals surface area contributed by atoms with E-state index in [0.717, 1.165) is 0 Å². The van der Waals surface area contributed by atoms with Crippen molar-refractivity contribution >= 4 is 25.9 Å². The molecular weight excluding hydrogens is 332 g/mol. The van der Waals surface area contributed by atoms with Crippen LogP contribution in [-0.4, -0.2) is 44.2 Å². The molecule has 0 aromatic carbocycles. The molecule has 0 radical (unpaired) electrons. The molecule has 22 heavy (non-hydrogen) atoms. The van der Waals surface area contributed by atoms with Crippen LogP contribution in [0.5, 0.6) is 0 Å². The lowest BCUT2D eigenvalue weighted by molar-refractivity contribution is 0.0812. The van der Waals surface area contributed by atoms with Crippen LogP contribution >= 0.6 is 0 Å². The van der Waals surface area contributed by atoms with E-state index in [1.807, 2.05) is 74.3 Å². The van der Waals surface area contributed by atoms with Crippen LogP contribution in [0.2, 0.25) is 32.7 Å². The number of hydrogen-bond acceptors (Lipinski definition) is 5. The van der Waals surface area contributed by atoms with Crippen LogP contribution in [0.25, 0.3) is 0 Å². The summed E-state index contributed by atoms with van der Waals surface area (Å²) >= 11 is 0. The summed E-state index contributed by atoms with van der Waals surface area (Å²) in [5, 5.41) is 0. The molecule has 0 saturated carbocycles. The van der Waals surface area contributed by atoms with Crippen LogP contribution in [0.1, 0.15) is 41.5 Å². The van der Waals surface area contributed by atoms with Gasteiger partial charge in [0.25, 0.3) is 0 Å². The van der Waals surface area contributed by atoms with E-state index in [-0.39, 0.29) is 18.3 Å². The predicted octanol–water partition coefficient (Wildman–Crippen LogP) is 4.27. The average Bonchev–Trinajstić information content (AvgIpc) is 2.05. The molecule has 0 atom stereocenters. The Morgan fingerprint density at radius 1 is 0.500 bits per heavy atom. The van der Waals surface area contributed by atoms with Crippen LogP contribution < -0.4 is 0 Å². The standard InChI is InChI=1S/C14H36O5Si3/c1-12(2)15-20(7,8)18-22(11,17-14(5)6)19-21(9,10)16-13(3)4/h12-14H,1-11H3. The highest BCUT2D eigenvalue weighted by Gasteiger charge is 2.48. The van der Waals surface area contributed by atoms with Gasteiger partial charge in [-0.25, -0.2) is 0 Å². The molecule has 0 heterocycles. The Balaban J connectivity index is 5.14. The van der Waals surface area contributed by atoms with Crippen molar-refractivity contribution in [1.82, 2.24) is 0 Å². The summed E-state index contributed by atoms with van der Waals surface area (Å²) in [4.78, 5) is 0. The minimum absolute atomic E-state index is 0.0318. The first-order valence-corrected chi connectivity index (χ1v) is 16.0. The van der Waals surface area contributed by atoms with Crippen molar-refractivity contribution in [3.63, 3.8) is 0 Å². The zero-order chi connectivity index (χ0) is 17.8. The largest absolute Gasteiger partial charge is 0.480 e. The summed E-state index contributed by atoms with van der Waals surface area (Å²) in [6, 6.07) is 0. The molecule has 0 spiro atoms. The lowest BCUT2D eigenvalue weighted by Crippen LogP contribution is -2.59. The normalized spacial score (nSPS) is 14.5. The van der Waals surface area contributed by atoms with E-state index in [4.69, 9.17) is 21.5 Å². The lowest BCUT2D eigenvalue weighted by Gasteiger charge is -2.40. The van der Waals surface area contributed by atoms with E-state index in [1.165, 1.54) is 0 Å². The van der Waals surface area contributed by atoms with E-state index >= 15 is 0 Å². The fourth-order valence-corrected chi connectivity index (χ4v) is 14.2. The summed E-state index contributed by atoms with van der Waals surface area (Å²) in [6.07, 6.45) is 0.275. The van der Waals surface area contributed by atoms with Crippen LogP contribution in [0.4, 0.5) is 0 Å².